The molecule has 1 aromatic heterocycles. The molecule has 5 nitrogen and oxygen atoms in total. The van der Waals surface area contributed by atoms with Crippen LogP contribution in [0.15, 0.2) is 47.5 Å². The second-order valence-electron chi connectivity index (χ2n) is 5.32. The smallest absolute Gasteiger partial charge is 0.244 e. The van der Waals surface area contributed by atoms with Crippen molar-refractivity contribution in [3.8, 4) is 5.75 Å². The van der Waals surface area contributed by atoms with Gasteiger partial charge in [-0.05, 0) is 44.0 Å². The van der Waals surface area contributed by atoms with E-state index < -0.39 is 10.0 Å². The van der Waals surface area contributed by atoms with Gasteiger partial charge in [-0.1, -0.05) is 12.1 Å². The first kappa shape index (κ1) is 16.6. The van der Waals surface area contributed by atoms with E-state index in [-0.39, 0.29) is 10.9 Å². The van der Waals surface area contributed by atoms with Crippen molar-refractivity contribution in [1.82, 2.24) is 9.29 Å². The molecule has 6 heteroatoms. The predicted molar refractivity (Wildman–Crippen MR) is 86.5 cm³/mol. The van der Waals surface area contributed by atoms with Crippen molar-refractivity contribution in [3.63, 3.8) is 0 Å². The Morgan fingerprint density at radius 2 is 1.95 bits per heavy atom. The van der Waals surface area contributed by atoms with Crippen LogP contribution in [0.25, 0.3) is 0 Å². The number of benzene rings is 1. The highest BCUT2D eigenvalue weighted by molar-refractivity contribution is 7.89. The van der Waals surface area contributed by atoms with Gasteiger partial charge >= 0.3 is 0 Å². The van der Waals surface area contributed by atoms with E-state index in [1.807, 2.05) is 36.9 Å². The molecule has 1 unspecified atom stereocenters. The molecule has 2 rings (SSSR count). The van der Waals surface area contributed by atoms with Crippen molar-refractivity contribution in [3.05, 3.63) is 48.3 Å². The van der Waals surface area contributed by atoms with Gasteiger partial charge in [-0.15, -0.1) is 0 Å². The topological polar surface area (TPSA) is 60.3 Å². The van der Waals surface area contributed by atoms with Crippen LogP contribution in [0.3, 0.4) is 0 Å². The second-order valence-corrected chi connectivity index (χ2v) is 7.00. The van der Waals surface area contributed by atoms with Crippen molar-refractivity contribution >= 4 is 10.0 Å². The van der Waals surface area contributed by atoms with Gasteiger partial charge in [0.1, 0.15) is 10.6 Å². The number of rotatable bonds is 7. The Balaban J connectivity index is 2.03. The van der Waals surface area contributed by atoms with Gasteiger partial charge in [0.15, 0.2) is 0 Å². The summed E-state index contributed by atoms with van der Waals surface area (Å²) < 4.78 is 34.8. The highest BCUT2D eigenvalue weighted by atomic mass is 32.2. The van der Waals surface area contributed by atoms with Crippen LogP contribution in [0.5, 0.6) is 5.75 Å². The molecular weight excluding hydrogens is 300 g/mol. The lowest BCUT2D eigenvalue weighted by atomic mass is 10.1. The molecule has 0 bridgehead atoms. The minimum atomic E-state index is -3.59. The Bertz CT molecular complexity index is 722. The van der Waals surface area contributed by atoms with Gasteiger partial charge in [0.25, 0.3) is 0 Å². The summed E-state index contributed by atoms with van der Waals surface area (Å²) in [5.74, 6) is 0.352. The lowest BCUT2D eigenvalue weighted by molar-refractivity contribution is 0.402. The third-order valence-corrected chi connectivity index (χ3v) is 5.23. The van der Waals surface area contributed by atoms with Crippen molar-refractivity contribution < 1.29 is 13.2 Å². The summed E-state index contributed by atoms with van der Waals surface area (Å²) in [6, 6.07) is 10.5. The summed E-state index contributed by atoms with van der Waals surface area (Å²) in [4.78, 5) is 0.170. The molecule has 0 saturated heterocycles. The number of para-hydroxylation sites is 1. The molecule has 1 aromatic carbocycles. The lowest BCUT2D eigenvalue weighted by Crippen LogP contribution is -2.33. The molecule has 120 valence electrons. The van der Waals surface area contributed by atoms with Gasteiger partial charge in [-0.25, -0.2) is 13.1 Å². The molecule has 0 aliphatic rings. The fourth-order valence-electron chi connectivity index (χ4n) is 2.35. The number of aromatic nitrogens is 1. The first-order valence-corrected chi connectivity index (χ1v) is 8.68. The first-order chi connectivity index (χ1) is 10.4. The van der Waals surface area contributed by atoms with E-state index in [4.69, 9.17) is 4.74 Å². The van der Waals surface area contributed by atoms with Crippen molar-refractivity contribution in [1.29, 1.82) is 0 Å². The Morgan fingerprint density at radius 1 is 1.23 bits per heavy atom. The predicted octanol–water partition coefficient (Wildman–Crippen LogP) is 2.33. The van der Waals surface area contributed by atoms with Gasteiger partial charge in [-0.2, -0.15) is 0 Å². The standard InChI is InChI=1S/C16H22N2O3S/c1-13(10-11-14-7-6-12-18(14)2)17-22(19,20)16-9-5-4-8-15(16)21-3/h4-9,12-13,17H,10-11H2,1-3H3. The highest BCUT2D eigenvalue weighted by Crippen LogP contribution is 2.23. The zero-order chi connectivity index (χ0) is 16.2. The van der Waals surface area contributed by atoms with Crippen LogP contribution in [0.4, 0.5) is 0 Å². The van der Waals surface area contributed by atoms with E-state index in [0.29, 0.717) is 5.75 Å². The SMILES string of the molecule is COc1ccccc1S(=O)(=O)NC(C)CCc1cccn1C. The van der Waals surface area contributed by atoms with Gasteiger partial charge in [0.2, 0.25) is 10.0 Å². The average Bonchev–Trinajstić information content (AvgIpc) is 2.90. The molecule has 0 amide bonds. The molecule has 0 saturated carbocycles. The third-order valence-electron chi connectivity index (χ3n) is 3.60. The van der Waals surface area contributed by atoms with Crippen LogP contribution < -0.4 is 9.46 Å². The zero-order valence-corrected chi connectivity index (χ0v) is 13.9. The van der Waals surface area contributed by atoms with Gasteiger partial charge < -0.3 is 9.30 Å². The molecule has 0 spiro atoms. The maximum Gasteiger partial charge on any atom is 0.244 e. The minimum Gasteiger partial charge on any atom is -0.495 e. The van der Waals surface area contributed by atoms with Crippen LogP contribution >= 0.6 is 0 Å². The van der Waals surface area contributed by atoms with Gasteiger partial charge in [0.05, 0.1) is 7.11 Å². The summed E-state index contributed by atoms with van der Waals surface area (Å²) in [5, 5.41) is 0. The Labute approximate surface area is 132 Å². The molecule has 1 heterocycles. The number of nitrogens with zero attached hydrogens (tertiary/aromatic N) is 1. The normalized spacial score (nSPS) is 13.0. The van der Waals surface area contributed by atoms with Gasteiger partial charge in [-0.3, -0.25) is 0 Å². The van der Waals surface area contributed by atoms with Crippen molar-refractivity contribution in [2.45, 2.75) is 30.7 Å². The largest absolute Gasteiger partial charge is 0.495 e. The van der Waals surface area contributed by atoms with Crippen LogP contribution in [0, 0.1) is 0 Å². The first-order valence-electron chi connectivity index (χ1n) is 7.19. The Kier molecular flexibility index (Phi) is 5.26. The fourth-order valence-corrected chi connectivity index (χ4v) is 3.80. The number of nitrogens with one attached hydrogen (secondary N) is 1. The lowest BCUT2D eigenvalue weighted by Gasteiger charge is -2.16. The van der Waals surface area contributed by atoms with Crippen molar-refractivity contribution in [2.24, 2.45) is 7.05 Å². The summed E-state index contributed by atoms with van der Waals surface area (Å²) in [5.41, 5.74) is 1.18. The number of ether oxygens (including phenoxy) is 1. The van der Waals surface area contributed by atoms with Crippen LogP contribution in [0.1, 0.15) is 19.0 Å². The summed E-state index contributed by atoms with van der Waals surface area (Å²) in [6.45, 7) is 1.87. The Morgan fingerprint density at radius 3 is 2.59 bits per heavy atom. The van der Waals surface area contributed by atoms with E-state index >= 15 is 0 Å². The number of hydrogen-bond donors (Lipinski definition) is 1. The quantitative estimate of drug-likeness (QED) is 0.851. The molecular formula is C16H22N2O3S. The number of aryl methyl sites for hydroxylation is 2. The number of hydrogen-bond acceptors (Lipinski definition) is 3. The second kappa shape index (κ2) is 6.98. The minimum absolute atomic E-state index is 0.162. The molecule has 0 aliphatic heterocycles. The van der Waals surface area contributed by atoms with Crippen LogP contribution in [0.2, 0.25) is 0 Å². The maximum atomic E-state index is 12.5. The fraction of sp³-hybridized carbons (Fsp3) is 0.375. The molecule has 2 aromatic rings. The molecule has 1 N–H and O–H groups in total. The summed E-state index contributed by atoms with van der Waals surface area (Å²) in [6.07, 6.45) is 3.53. The molecule has 0 radical (unpaired) electrons. The average molecular weight is 322 g/mol. The number of methoxy groups -OCH3 is 1. The van der Waals surface area contributed by atoms with Crippen LogP contribution in [-0.2, 0) is 23.5 Å². The highest BCUT2D eigenvalue weighted by Gasteiger charge is 2.21. The molecule has 0 aliphatic carbocycles. The van der Waals surface area contributed by atoms with Gasteiger partial charge in [0, 0.05) is 25.0 Å². The summed E-state index contributed by atoms with van der Waals surface area (Å²) in [7, 11) is -0.135. The third kappa shape index (κ3) is 3.90. The molecule has 22 heavy (non-hydrogen) atoms. The molecule has 1 atom stereocenters. The van der Waals surface area contributed by atoms with Crippen molar-refractivity contribution in [2.75, 3.05) is 7.11 Å². The van der Waals surface area contributed by atoms with E-state index in [1.165, 1.54) is 12.8 Å². The summed E-state index contributed by atoms with van der Waals surface area (Å²) >= 11 is 0. The van der Waals surface area contributed by atoms with E-state index in [9.17, 15) is 8.42 Å². The monoisotopic (exact) mass is 322 g/mol. The number of sulfonamides is 1. The Hall–Kier alpha value is -1.79. The maximum absolute atomic E-state index is 12.5. The zero-order valence-electron chi connectivity index (χ0n) is 13.1. The van der Waals surface area contributed by atoms with Crippen LogP contribution in [-0.4, -0.2) is 26.1 Å². The van der Waals surface area contributed by atoms with E-state index in [1.54, 1.807) is 24.3 Å². The van der Waals surface area contributed by atoms with E-state index in [0.717, 1.165) is 12.8 Å². The molecule has 0 fully saturated rings. The van der Waals surface area contributed by atoms with E-state index in [2.05, 4.69) is 4.72 Å².